The highest BCUT2D eigenvalue weighted by atomic mass is 16.2. The minimum atomic E-state index is -0.714. The highest BCUT2D eigenvalue weighted by Crippen LogP contribution is 2.08. The smallest absolute Gasteiger partial charge is 0.240 e. The Balaban J connectivity index is 2.33. The second-order valence-corrected chi connectivity index (χ2v) is 4.16. The lowest BCUT2D eigenvalue weighted by Crippen LogP contribution is -2.62. The lowest BCUT2D eigenvalue weighted by Gasteiger charge is -2.38. The van der Waals surface area contributed by atoms with Crippen molar-refractivity contribution in [1.29, 1.82) is 0 Å². The number of rotatable bonds is 3. The molecule has 1 unspecified atom stereocenters. The molecule has 1 heterocycles. The molecule has 0 aromatic rings. The molecule has 0 bridgehead atoms. The standard InChI is InChI=1S/C9H19N3O/c1-4-9(2,10)8(13)11-7-5-12(3)6-7/h7H,4-6,10H2,1-3H3,(H,11,13). The summed E-state index contributed by atoms with van der Waals surface area (Å²) >= 11 is 0. The number of likely N-dealkylation sites (N-methyl/N-ethyl adjacent to an activating group) is 1. The number of amides is 1. The van der Waals surface area contributed by atoms with Gasteiger partial charge in [0.05, 0.1) is 11.6 Å². The van der Waals surface area contributed by atoms with Crippen LogP contribution in [0.5, 0.6) is 0 Å². The maximum absolute atomic E-state index is 11.6. The van der Waals surface area contributed by atoms with Gasteiger partial charge in [-0.05, 0) is 20.4 Å². The highest BCUT2D eigenvalue weighted by Gasteiger charge is 2.31. The quantitative estimate of drug-likeness (QED) is 0.626. The first-order valence-corrected chi connectivity index (χ1v) is 4.74. The Morgan fingerprint density at radius 2 is 2.23 bits per heavy atom. The Hall–Kier alpha value is -0.610. The van der Waals surface area contributed by atoms with E-state index in [1.807, 2.05) is 14.0 Å². The maximum Gasteiger partial charge on any atom is 0.240 e. The Kier molecular flexibility index (Phi) is 2.93. The summed E-state index contributed by atoms with van der Waals surface area (Å²) in [7, 11) is 2.03. The molecule has 1 aliphatic heterocycles. The summed E-state index contributed by atoms with van der Waals surface area (Å²) in [5, 5.41) is 2.93. The van der Waals surface area contributed by atoms with E-state index in [0.29, 0.717) is 12.5 Å². The summed E-state index contributed by atoms with van der Waals surface area (Å²) in [6, 6.07) is 0.298. The zero-order valence-electron chi connectivity index (χ0n) is 8.63. The monoisotopic (exact) mass is 185 g/mol. The minimum absolute atomic E-state index is 0.0342. The molecule has 0 radical (unpaired) electrons. The highest BCUT2D eigenvalue weighted by molar-refractivity contribution is 5.85. The van der Waals surface area contributed by atoms with Gasteiger partial charge in [0.2, 0.25) is 5.91 Å². The van der Waals surface area contributed by atoms with Gasteiger partial charge in [0.1, 0.15) is 0 Å². The Labute approximate surface area is 79.5 Å². The number of likely N-dealkylation sites (tertiary alicyclic amines) is 1. The molecule has 4 heteroatoms. The van der Waals surface area contributed by atoms with Gasteiger partial charge in [-0.2, -0.15) is 0 Å². The molecule has 4 nitrogen and oxygen atoms in total. The molecule has 1 saturated heterocycles. The van der Waals surface area contributed by atoms with E-state index in [2.05, 4.69) is 10.2 Å². The molecule has 1 amide bonds. The van der Waals surface area contributed by atoms with Gasteiger partial charge in [-0.15, -0.1) is 0 Å². The van der Waals surface area contributed by atoms with E-state index >= 15 is 0 Å². The van der Waals surface area contributed by atoms with Crippen LogP contribution in [0, 0.1) is 0 Å². The molecule has 0 spiro atoms. The van der Waals surface area contributed by atoms with Crippen LogP contribution in [0.15, 0.2) is 0 Å². The van der Waals surface area contributed by atoms with Crippen LogP contribution in [0.2, 0.25) is 0 Å². The average Bonchev–Trinajstić information content (AvgIpc) is 2.01. The van der Waals surface area contributed by atoms with E-state index in [9.17, 15) is 4.79 Å². The van der Waals surface area contributed by atoms with Gasteiger partial charge in [-0.25, -0.2) is 0 Å². The number of hydrogen-bond acceptors (Lipinski definition) is 3. The van der Waals surface area contributed by atoms with Crippen molar-refractivity contribution >= 4 is 5.91 Å². The Morgan fingerprint density at radius 1 is 1.69 bits per heavy atom. The van der Waals surface area contributed by atoms with Crippen LogP contribution in [0.4, 0.5) is 0 Å². The van der Waals surface area contributed by atoms with Crippen LogP contribution in [0.3, 0.4) is 0 Å². The van der Waals surface area contributed by atoms with Crippen molar-refractivity contribution < 1.29 is 4.79 Å². The van der Waals surface area contributed by atoms with Crippen molar-refractivity contribution in [3.8, 4) is 0 Å². The molecule has 1 rings (SSSR count). The number of nitrogens with two attached hydrogens (primary N) is 1. The normalized spacial score (nSPS) is 23.4. The zero-order chi connectivity index (χ0) is 10.1. The Morgan fingerprint density at radius 3 is 2.62 bits per heavy atom. The molecule has 13 heavy (non-hydrogen) atoms. The fourth-order valence-electron chi connectivity index (χ4n) is 1.30. The molecule has 1 atom stereocenters. The summed E-state index contributed by atoms with van der Waals surface area (Å²) in [4.78, 5) is 13.7. The number of carbonyl (C=O) groups is 1. The van der Waals surface area contributed by atoms with E-state index in [4.69, 9.17) is 5.73 Å². The Bertz CT molecular complexity index is 197. The van der Waals surface area contributed by atoms with Gasteiger partial charge in [0, 0.05) is 13.1 Å². The third-order valence-electron chi connectivity index (χ3n) is 2.65. The maximum atomic E-state index is 11.6. The molecular weight excluding hydrogens is 166 g/mol. The van der Waals surface area contributed by atoms with Gasteiger partial charge < -0.3 is 16.0 Å². The van der Waals surface area contributed by atoms with Gasteiger partial charge in [-0.3, -0.25) is 4.79 Å². The lowest BCUT2D eigenvalue weighted by molar-refractivity contribution is -0.127. The van der Waals surface area contributed by atoms with Gasteiger partial charge in [-0.1, -0.05) is 6.92 Å². The molecule has 1 fully saturated rings. The van der Waals surface area contributed by atoms with E-state index < -0.39 is 5.54 Å². The molecule has 3 N–H and O–H groups in total. The molecule has 0 aliphatic carbocycles. The fraction of sp³-hybridized carbons (Fsp3) is 0.889. The summed E-state index contributed by atoms with van der Waals surface area (Å²) in [6.45, 7) is 5.56. The fourth-order valence-corrected chi connectivity index (χ4v) is 1.30. The molecule has 1 aliphatic rings. The van der Waals surface area contributed by atoms with Gasteiger partial charge in [0.15, 0.2) is 0 Å². The molecule has 0 saturated carbocycles. The largest absolute Gasteiger partial charge is 0.349 e. The first kappa shape index (κ1) is 10.5. The van der Waals surface area contributed by atoms with Crippen LogP contribution in [0.1, 0.15) is 20.3 Å². The summed E-state index contributed by atoms with van der Waals surface area (Å²) < 4.78 is 0. The van der Waals surface area contributed by atoms with Crippen LogP contribution in [0.25, 0.3) is 0 Å². The first-order chi connectivity index (χ1) is 5.95. The van der Waals surface area contributed by atoms with Crippen molar-refractivity contribution in [3.63, 3.8) is 0 Å². The number of carbonyl (C=O) groups excluding carboxylic acids is 1. The minimum Gasteiger partial charge on any atom is -0.349 e. The van der Waals surface area contributed by atoms with Crippen LogP contribution < -0.4 is 11.1 Å². The van der Waals surface area contributed by atoms with Gasteiger partial charge in [0.25, 0.3) is 0 Å². The molecule has 76 valence electrons. The van der Waals surface area contributed by atoms with Crippen molar-refractivity contribution in [1.82, 2.24) is 10.2 Å². The van der Waals surface area contributed by atoms with Crippen molar-refractivity contribution in [2.75, 3.05) is 20.1 Å². The van der Waals surface area contributed by atoms with Crippen molar-refractivity contribution in [2.24, 2.45) is 5.73 Å². The van der Waals surface area contributed by atoms with E-state index in [1.165, 1.54) is 0 Å². The van der Waals surface area contributed by atoms with E-state index in [1.54, 1.807) is 6.92 Å². The average molecular weight is 185 g/mol. The molecule has 0 aromatic carbocycles. The van der Waals surface area contributed by atoms with Gasteiger partial charge >= 0.3 is 0 Å². The lowest BCUT2D eigenvalue weighted by atomic mass is 9.98. The summed E-state index contributed by atoms with van der Waals surface area (Å²) in [5.74, 6) is -0.0342. The third kappa shape index (κ3) is 2.42. The van der Waals surface area contributed by atoms with Crippen molar-refractivity contribution in [3.05, 3.63) is 0 Å². The first-order valence-electron chi connectivity index (χ1n) is 4.74. The van der Waals surface area contributed by atoms with Crippen LogP contribution in [-0.2, 0) is 4.79 Å². The van der Waals surface area contributed by atoms with E-state index in [-0.39, 0.29) is 5.91 Å². The topological polar surface area (TPSA) is 58.4 Å². The predicted octanol–water partition coefficient (Wildman–Crippen LogP) is -0.456. The number of hydrogen-bond donors (Lipinski definition) is 2. The molecule has 0 aromatic heterocycles. The van der Waals surface area contributed by atoms with Crippen LogP contribution in [-0.4, -0.2) is 42.5 Å². The second-order valence-electron chi connectivity index (χ2n) is 4.16. The number of nitrogens with one attached hydrogen (secondary N) is 1. The summed E-state index contributed by atoms with van der Waals surface area (Å²) in [6.07, 6.45) is 0.668. The molecular formula is C9H19N3O. The van der Waals surface area contributed by atoms with Crippen LogP contribution >= 0.6 is 0 Å². The van der Waals surface area contributed by atoms with Crippen molar-refractivity contribution in [2.45, 2.75) is 31.8 Å². The zero-order valence-corrected chi connectivity index (χ0v) is 8.63. The third-order valence-corrected chi connectivity index (χ3v) is 2.65. The second kappa shape index (κ2) is 3.64. The number of nitrogens with zero attached hydrogens (tertiary/aromatic N) is 1. The predicted molar refractivity (Wildman–Crippen MR) is 52.3 cm³/mol. The summed E-state index contributed by atoms with van der Waals surface area (Å²) in [5.41, 5.74) is 5.08. The SMILES string of the molecule is CCC(C)(N)C(=O)NC1CN(C)C1. The van der Waals surface area contributed by atoms with E-state index in [0.717, 1.165) is 13.1 Å².